The van der Waals surface area contributed by atoms with Gasteiger partial charge in [0.15, 0.2) is 0 Å². The molecule has 1 aliphatic rings. The van der Waals surface area contributed by atoms with Crippen molar-refractivity contribution in [3.8, 4) is 0 Å². The zero-order valence-corrected chi connectivity index (χ0v) is 16.1. The minimum atomic E-state index is -0.0960. The van der Waals surface area contributed by atoms with Crippen LogP contribution in [0.5, 0.6) is 0 Å². The molecule has 0 radical (unpaired) electrons. The van der Waals surface area contributed by atoms with Gasteiger partial charge in [-0.3, -0.25) is 9.59 Å². The molecule has 5 nitrogen and oxygen atoms in total. The van der Waals surface area contributed by atoms with Crippen molar-refractivity contribution in [3.05, 3.63) is 59.7 Å². The Bertz CT molecular complexity index is 752. The predicted molar refractivity (Wildman–Crippen MR) is 111 cm³/mol. The Labute approximate surface area is 166 Å². The maximum absolute atomic E-state index is 12.6. The third-order valence-corrected chi connectivity index (χ3v) is 4.65. The summed E-state index contributed by atoms with van der Waals surface area (Å²) in [6.07, 6.45) is 4.83. The summed E-state index contributed by atoms with van der Waals surface area (Å²) in [4.78, 5) is 26.7. The monoisotopic (exact) mass is 387 g/mol. The average Bonchev–Trinajstić information content (AvgIpc) is 2.93. The summed E-state index contributed by atoms with van der Waals surface area (Å²) in [5, 5.41) is 2.87. The Kier molecular flexibility index (Phi) is 7.67. The molecule has 144 valence electrons. The van der Waals surface area contributed by atoms with E-state index in [-0.39, 0.29) is 30.6 Å². The number of halogens is 1. The van der Waals surface area contributed by atoms with E-state index >= 15 is 0 Å². The van der Waals surface area contributed by atoms with Gasteiger partial charge in [0.1, 0.15) is 0 Å². The van der Waals surface area contributed by atoms with Gasteiger partial charge in [-0.05, 0) is 54.8 Å². The van der Waals surface area contributed by atoms with Crippen LogP contribution in [0.4, 0.5) is 11.4 Å². The third kappa shape index (κ3) is 6.00. The zero-order valence-electron chi connectivity index (χ0n) is 15.3. The number of anilines is 2. The molecular formula is C21H26ClN3O2. The number of likely N-dealkylation sites (tertiary alicyclic amines) is 1. The summed E-state index contributed by atoms with van der Waals surface area (Å²) < 4.78 is 0. The molecule has 27 heavy (non-hydrogen) atoms. The molecule has 1 saturated heterocycles. The van der Waals surface area contributed by atoms with Crippen molar-refractivity contribution in [2.24, 2.45) is 0 Å². The molecule has 3 rings (SSSR count). The number of hydrogen-bond donors (Lipinski definition) is 2. The number of benzene rings is 2. The molecular weight excluding hydrogens is 362 g/mol. The molecule has 0 aromatic heterocycles. The maximum Gasteiger partial charge on any atom is 0.253 e. The van der Waals surface area contributed by atoms with E-state index in [1.54, 1.807) is 36.4 Å². The summed E-state index contributed by atoms with van der Waals surface area (Å²) in [6.45, 7) is 1.66. The lowest BCUT2D eigenvalue weighted by molar-refractivity contribution is -0.115. The van der Waals surface area contributed by atoms with Gasteiger partial charge in [0.05, 0.1) is 6.42 Å². The summed E-state index contributed by atoms with van der Waals surface area (Å²) >= 11 is 0. The molecule has 3 N–H and O–H groups in total. The fourth-order valence-electron chi connectivity index (χ4n) is 3.18. The van der Waals surface area contributed by atoms with Crippen LogP contribution in [0.15, 0.2) is 48.5 Å². The molecule has 1 heterocycles. The molecule has 0 spiro atoms. The van der Waals surface area contributed by atoms with Gasteiger partial charge in [0.25, 0.3) is 5.91 Å². The second-order valence-electron chi connectivity index (χ2n) is 6.75. The topological polar surface area (TPSA) is 75.4 Å². The third-order valence-electron chi connectivity index (χ3n) is 4.65. The van der Waals surface area contributed by atoms with Crippen molar-refractivity contribution in [1.29, 1.82) is 0 Å². The van der Waals surface area contributed by atoms with Gasteiger partial charge < -0.3 is 16.0 Å². The van der Waals surface area contributed by atoms with Crippen LogP contribution in [0.1, 0.15) is 41.6 Å². The highest BCUT2D eigenvalue weighted by Gasteiger charge is 2.17. The van der Waals surface area contributed by atoms with Crippen LogP contribution < -0.4 is 11.1 Å². The number of carbonyl (C=O) groups excluding carboxylic acids is 2. The first-order valence-electron chi connectivity index (χ1n) is 9.15. The highest BCUT2D eigenvalue weighted by Crippen LogP contribution is 2.16. The number of nitrogen functional groups attached to an aromatic ring is 1. The zero-order chi connectivity index (χ0) is 18.4. The number of hydrogen-bond acceptors (Lipinski definition) is 3. The molecule has 6 heteroatoms. The van der Waals surface area contributed by atoms with Crippen molar-refractivity contribution in [2.75, 3.05) is 24.1 Å². The van der Waals surface area contributed by atoms with Crippen molar-refractivity contribution in [3.63, 3.8) is 0 Å². The van der Waals surface area contributed by atoms with Gasteiger partial charge in [0.2, 0.25) is 5.91 Å². The fourth-order valence-corrected chi connectivity index (χ4v) is 3.18. The van der Waals surface area contributed by atoms with Gasteiger partial charge in [-0.15, -0.1) is 12.4 Å². The van der Waals surface area contributed by atoms with E-state index in [0.29, 0.717) is 16.9 Å². The fraction of sp³-hybridized carbons (Fsp3) is 0.333. The van der Waals surface area contributed by atoms with Crippen LogP contribution in [0.2, 0.25) is 0 Å². The van der Waals surface area contributed by atoms with Gasteiger partial charge in [-0.2, -0.15) is 0 Å². The van der Waals surface area contributed by atoms with Crippen LogP contribution in [-0.4, -0.2) is 29.8 Å². The van der Waals surface area contributed by atoms with E-state index in [0.717, 1.165) is 31.5 Å². The van der Waals surface area contributed by atoms with E-state index in [9.17, 15) is 9.59 Å². The molecule has 1 fully saturated rings. The molecule has 0 bridgehead atoms. The molecule has 0 unspecified atom stereocenters. The van der Waals surface area contributed by atoms with Crippen molar-refractivity contribution in [1.82, 2.24) is 4.90 Å². The number of nitrogens with two attached hydrogens (primary N) is 1. The van der Waals surface area contributed by atoms with Crippen LogP contribution in [0, 0.1) is 0 Å². The second-order valence-corrected chi connectivity index (χ2v) is 6.75. The Hall–Kier alpha value is -2.53. The minimum Gasteiger partial charge on any atom is -0.399 e. The first-order chi connectivity index (χ1) is 12.6. The highest BCUT2D eigenvalue weighted by molar-refractivity contribution is 5.96. The van der Waals surface area contributed by atoms with E-state index < -0.39 is 0 Å². The Balaban J connectivity index is 0.00000261. The van der Waals surface area contributed by atoms with E-state index in [1.807, 2.05) is 17.0 Å². The molecule has 0 aliphatic carbocycles. The van der Waals surface area contributed by atoms with Crippen molar-refractivity contribution >= 4 is 35.6 Å². The standard InChI is InChI=1S/C21H25N3O2.ClH/c22-18-9-5-16(6-10-18)15-20(25)23-19-11-7-17(8-12-19)21(26)24-13-3-1-2-4-14-24;/h5-12H,1-4,13-15,22H2,(H,23,25);1H. The van der Waals surface area contributed by atoms with Gasteiger partial charge >= 0.3 is 0 Å². The Morgan fingerprint density at radius 3 is 2.07 bits per heavy atom. The molecule has 0 saturated carbocycles. The van der Waals surface area contributed by atoms with Gasteiger partial charge in [-0.1, -0.05) is 25.0 Å². The summed E-state index contributed by atoms with van der Waals surface area (Å²) in [5.41, 5.74) is 8.60. The van der Waals surface area contributed by atoms with Crippen molar-refractivity contribution < 1.29 is 9.59 Å². The van der Waals surface area contributed by atoms with Crippen LogP contribution in [-0.2, 0) is 11.2 Å². The molecule has 1 aliphatic heterocycles. The quantitative estimate of drug-likeness (QED) is 0.781. The lowest BCUT2D eigenvalue weighted by atomic mass is 10.1. The summed E-state index contributed by atoms with van der Waals surface area (Å²) in [7, 11) is 0. The SMILES string of the molecule is Cl.Nc1ccc(CC(=O)Nc2ccc(C(=O)N3CCCCCC3)cc2)cc1. The second kappa shape index (κ2) is 9.97. The largest absolute Gasteiger partial charge is 0.399 e. The molecule has 2 aromatic rings. The van der Waals surface area contributed by atoms with E-state index in [2.05, 4.69) is 5.32 Å². The Morgan fingerprint density at radius 1 is 0.889 bits per heavy atom. The number of carbonyl (C=O) groups is 2. The normalized spacial score (nSPS) is 14.0. The first-order valence-corrected chi connectivity index (χ1v) is 9.15. The highest BCUT2D eigenvalue weighted by atomic mass is 35.5. The number of rotatable bonds is 4. The summed E-state index contributed by atoms with van der Waals surface area (Å²) in [6, 6.07) is 14.4. The lowest BCUT2D eigenvalue weighted by Gasteiger charge is -2.20. The molecule has 2 aromatic carbocycles. The number of nitrogens with one attached hydrogen (secondary N) is 1. The lowest BCUT2D eigenvalue weighted by Crippen LogP contribution is -2.31. The van der Waals surface area contributed by atoms with Crippen LogP contribution in [0.3, 0.4) is 0 Å². The first kappa shape index (κ1) is 20.8. The average molecular weight is 388 g/mol. The van der Waals surface area contributed by atoms with Gasteiger partial charge in [-0.25, -0.2) is 0 Å². The van der Waals surface area contributed by atoms with E-state index in [4.69, 9.17) is 5.73 Å². The van der Waals surface area contributed by atoms with Crippen molar-refractivity contribution in [2.45, 2.75) is 32.1 Å². The van der Waals surface area contributed by atoms with Gasteiger partial charge in [0, 0.05) is 30.0 Å². The minimum absolute atomic E-state index is 0. The number of amides is 2. The predicted octanol–water partition coefficient (Wildman–Crippen LogP) is 3.89. The molecule has 0 atom stereocenters. The van der Waals surface area contributed by atoms with Crippen LogP contribution in [0.25, 0.3) is 0 Å². The summed E-state index contributed by atoms with van der Waals surface area (Å²) in [5.74, 6) is -0.0204. The molecule has 2 amide bonds. The Morgan fingerprint density at radius 2 is 1.48 bits per heavy atom. The van der Waals surface area contributed by atoms with E-state index in [1.165, 1.54) is 12.8 Å². The van der Waals surface area contributed by atoms with Crippen LogP contribution >= 0.6 is 12.4 Å². The maximum atomic E-state index is 12.6. The smallest absolute Gasteiger partial charge is 0.253 e. The number of nitrogens with zero attached hydrogens (tertiary/aromatic N) is 1.